The summed E-state index contributed by atoms with van der Waals surface area (Å²) in [4.78, 5) is 12.4. The van der Waals surface area contributed by atoms with Crippen LogP contribution in [0.4, 0.5) is 0 Å². The molecule has 0 amide bonds. The molecule has 1 aromatic rings. The number of ether oxygens (including phenoxy) is 1. The predicted octanol–water partition coefficient (Wildman–Crippen LogP) is 3.23. The molecule has 0 aromatic carbocycles. The van der Waals surface area contributed by atoms with Crippen molar-refractivity contribution < 1.29 is 9.53 Å². The summed E-state index contributed by atoms with van der Waals surface area (Å²) in [7, 11) is 0. The van der Waals surface area contributed by atoms with Gasteiger partial charge >= 0.3 is 5.97 Å². The second kappa shape index (κ2) is 7.79. The van der Waals surface area contributed by atoms with Crippen LogP contribution < -0.4 is 0 Å². The van der Waals surface area contributed by atoms with Crippen molar-refractivity contribution in [2.75, 3.05) is 6.61 Å². The molecule has 0 spiro atoms. The van der Waals surface area contributed by atoms with Crippen molar-refractivity contribution in [2.24, 2.45) is 10.2 Å². The first-order valence-corrected chi connectivity index (χ1v) is 6.56. The number of rotatable bonds is 6. The molecule has 0 saturated carbocycles. The van der Waals surface area contributed by atoms with Crippen LogP contribution in [-0.4, -0.2) is 23.5 Å². The lowest BCUT2D eigenvalue weighted by Gasteiger charge is -2.01. The molecule has 18 heavy (non-hydrogen) atoms. The van der Waals surface area contributed by atoms with Crippen molar-refractivity contribution in [1.29, 1.82) is 0 Å². The smallest absolute Gasteiger partial charge is 0.360 e. The van der Waals surface area contributed by atoms with Crippen molar-refractivity contribution in [2.45, 2.75) is 13.3 Å². The van der Waals surface area contributed by atoms with Crippen LogP contribution in [0, 0.1) is 0 Å². The second-order valence-electron chi connectivity index (χ2n) is 3.12. The third kappa shape index (κ3) is 4.43. The van der Waals surface area contributed by atoms with Crippen LogP contribution >= 0.6 is 22.9 Å². The molecule has 6 heteroatoms. The summed E-state index contributed by atoms with van der Waals surface area (Å²) in [5, 5.41) is 9.76. The van der Waals surface area contributed by atoms with Crippen molar-refractivity contribution in [3.63, 3.8) is 0 Å². The molecule has 1 heterocycles. The van der Waals surface area contributed by atoms with Crippen molar-refractivity contribution in [1.82, 2.24) is 0 Å². The average Bonchev–Trinajstić information content (AvgIpc) is 2.83. The van der Waals surface area contributed by atoms with Gasteiger partial charge in [-0.25, -0.2) is 4.79 Å². The van der Waals surface area contributed by atoms with Gasteiger partial charge in [0.1, 0.15) is 5.17 Å². The van der Waals surface area contributed by atoms with E-state index in [1.165, 1.54) is 11.3 Å². The Morgan fingerprint density at radius 2 is 2.39 bits per heavy atom. The first kappa shape index (κ1) is 14.6. The number of allylic oxidation sites excluding steroid dienone is 1. The largest absolute Gasteiger partial charge is 0.461 e. The van der Waals surface area contributed by atoms with Gasteiger partial charge in [0.05, 0.1) is 11.5 Å². The second-order valence-corrected chi connectivity index (χ2v) is 4.50. The van der Waals surface area contributed by atoms with Gasteiger partial charge in [-0.3, -0.25) is 0 Å². The highest BCUT2D eigenvalue weighted by molar-refractivity contribution is 7.13. The number of esters is 1. The molecule has 96 valence electrons. The van der Waals surface area contributed by atoms with Crippen molar-refractivity contribution in [3.8, 4) is 0 Å². The Kier molecular flexibility index (Phi) is 6.32. The van der Waals surface area contributed by atoms with E-state index in [-0.39, 0.29) is 17.5 Å². The molecule has 0 aliphatic rings. The van der Waals surface area contributed by atoms with Gasteiger partial charge < -0.3 is 4.74 Å². The van der Waals surface area contributed by atoms with E-state index in [1.54, 1.807) is 19.1 Å². The van der Waals surface area contributed by atoms with Crippen molar-refractivity contribution >= 4 is 39.8 Å². The SMILES string of the molecule is C=CCC(Cl)=NN=C(C(=O)OCC)c1cccs1. The van der Waals surface area contributed by atoms with Gasteiger partial charge in [-0.05, 0) is 18.4 Å². The van der Waals surface area contributed by atoms with Gasteiger partial charge in [0.15, 0.2) is 5.71 Å². The van der Waals surface area contributed by atoms with E-state index in [2.05, 4.69) is 16.8 Å². The topological polar surface area (TPSA) is 51.0 Å². The maximum atomic E-state index is 11.7. The molecule has 4 nitrogen and oxygen atoms in total. The Morgan fingerprint density at radius 1 is 1.61 bits per heavy atom. The van der Waals surface area contributed by atoms with Crippen LogP contribution in [0.15, 0.2) is 40.4 Å². The number of hydrogen-bond donors (Lipinski definition) is 0. The summed E-state index contributed by atoms with van der Waals surface area (Å²) in [5.41, 5.74) is 0.161. The molecule has 0 aliphatic carbocycles. The highest BCUT2D eigenvalue weighted by atomic mass is 35.5. The molecule has 0 aliphatic heterocycles. The molecule has 0 atom stereocenters. The number of carbonyl (C=O) groups excluding carboxylic acids is 1. The zero-order valence-electron chi connectivity index (χ0n) is 9.93. The predicted molar refractivity (Wildman–Crippen MR) is 75.6 cm³/mol. The summed E-state index contributed by atoms with van der Waals surface area (Å²) < 4.78 is 4.92. The van der Waals surface area contributed by atoms with E-state index in [0.717, 1.165) is 0 Å². The lowest BCUT2D eigenvalue weighted by molar-refractivity contribution is -0.134. The van der Waals surface area contributed by atoms with Crippen molar-refractivity contribution in [3.05, 3.63) is 35.0 Å². The molecule has 1 rings (SSSR count). The fourth-order valence-corrected chi connectivity index (χ4v) is 1.91. The van der Waals surface area contributed by atoms with Gasteiger partial charge in [0.2, 0.25) is 0 Å². The van der Waals surface area contributed by atoms with Crippen LogP contribution in [0.25, 0.3) is 0 Å². The average molecular weight is 285 g/mol. The Hall–Kier alpha value is -1.46. The van der Waals surface area contributed by atoms with E-state index in [0.29, 0.717) is 11.3 Å². The van der Waals surface area contributed by atoms with E-state index >= 15 is 0 Å². The zero-order valence-corrected chi connectivity index (χ0v) is 11.5. The number of hydrogen-bond acceptors (Lipinski definition) is 5. The molecule has 0 radical (unpaired) electrons. The summed E-state index contributed by atoms with van der Waals surface area (Å²) >= 11 is 7.18. The van der Waals surface area contributed by atoms with Crippen LogP contribution in [0.2, 0.25) is 0 Å². The number of thiophene rings is 1. The number of nitrogens with zero attached hydrogens (tertiary/aromatic N) is 2. The summed E-state index contributed by atoms with van der Waals surface area (Å²) in [5.74, 6) is -0.508. The third-order valence-electron chi connectivity index (χ3n) is 1.79. The first-order chi connectivity index (χ1) is 8.69. The minimum absolute atomic E-state index is 0.161. The number of carbonyl (C=O) groups is 1. The minimum atomic E-state index is -0.508. The summed E-state index contributed by atoms with van der Waals surface area (Å²) in [6, 6.07) is 3.60. The number of halogens is 1. The van der Waals surface area contributed by atoms with E-state index < -0.39 is 5.97 Å². The fourth-order valence-electron chi connectivity index (χ4n) is 1.07. The molecule has 0 saturated heterocycles. The molecule has 0 N–H and O–H groups in total. The van der Waals surface area contributed by atoms with Crippen LogP contribution in [-0.2, 0) is 9.53 Å². The van der Waals surface area contributed by atoms with Gasteiger partial charge in [-0.1, -0.05) is 23.7 Å². The van der Waals surface area contributed by atoms with E-state index in [1.807, 2.05) is 11.4 Å². The lowest BCUT2D eigenvalue weighted by atomic mass is 10.3. The molecular weight excluding hydrogens is 272 g/mol. The Bertz CT molecular complexity index is 466. The van der Waals surface area contributed by atoms with E-state index in [9.17, 15) is 4.79 Å². The third-order valence-corrected chi connectivity index (χ3v) is 2.90. The Balaban J connectivity index is 2.98. The maximum Gasteiger partial charge on any atom is 0.360 e. The Labute approximate surface area is 115 Å². The van der Waals surface area contributed by atoms with Gasteiger partial charge in [0, 0.05) is 6.42 Å². The van der Waals surface area contributed by atoms with Crippen LogP contribution in [0.3, 0.4) is 0 Å². The van der Waals surface area contributed by atoms with Gasteiger partial charge in [0.25, 0.3) is 0 Å². The molecule has 1 aromatic heterocycles. The molecule has 0 unspecified atom stereocenters. The quantitative estimate of drug-likeness (QED) is 0.348. The highest BCUT2D eigenvalue weighted by Gasteiger charge is 2.16. The van der Waals surface area contributed by atoms with Gasteiger partial charge in [-0.15, -0.1) is 28.1 Å². The summed E-state index contributed by atoms with van der Waals surface area (Å²) in [6.07, 6.45) is 2.02. The van der Waals surface area contributed by atoms with E-state index in [4.69, 9.17) is 16.3 Å². The standard InChI is InChI=1S/C12H13ClN2O2S/c1-3-6-10(13)14-15-11(12(16)17-4-2)9-7-5-8-18-9/h3,5,7-8H,1,4,6H2,2H3. The Morgan fingerprint density at radius 3 is 2.94 bits per heavy atom. The van der Waals surface area contributed by atoms with Crippen LogP contribution in [0.1, 0.15) is 18.2 Å². The van der Waals surface area contributed by atoms with Gasteiger partial charge in [-0.2, -0.15) is 0 Å². The monoisotopic (exact) mass is 284 g/mol. The zero-order chi connectivity index (χ0) is 13.4. The minimum Gasteiger partial charge on any atom is -0.461 e. The fraction of sp³-hybridized carbons (Fsp3) is 0.250. The first-order valence-electron chi connectivity index (χ1n) is 5.31. The molecule has 0 fully saturated rings. The maximum absolute atomic E-state index is 11.7. The molecule has 0 bridgehead atoms. The molecular formula is C12H13ClN2O2S. The summed E-state index contributed by atoms with van der Waals surface area (Å²) in [6.45, 7) is 5.56. The van der Waals surface area contributed by atoms with Crippen LogP contribution in [0.5, 0.6) is 0 Å². The normalized spacial score (nSPS) is 12.3. The highest BCUT2D eigenvalue weighted by Crippen LogP contribution is 2.12. The lowest BCUT2D eigenvalue weighted by Crippen LogP contribution is -2.17.